The average molecular weight is 331 g/mol. The van der Waals surface area contributed by atoms with E-state index in [0.717, 1.165) is 22.3 Å². The molecule has 0 atom stereocenters. The van der Waals surface area contributed by atoms with Crippen LogP contribution >= 0.6 is 0 Å². The molecule has 3 heterocycles. The summed E-state index contributed by atoms with van der Waals surface area (Å²) in [6, 6.07) is 23.6. The second-order valence-electron chi connectivity index (χ2n) is 5.95. The molecule has 3 nitrogen and oxygen atoms in total. The number of benzene rings is 3. The summed E-state index contributed by atoms with van der Waals surface area (Å²) < 4.78 is 26.2. The highest BCUT2D eigenvalue weighted by Crippen LogP contribution is 2.40. The van der Waals surface area contributed by atoms with Crippen LogP contribution in [0.2, 0.25) is 0 Å². The van der Waals surface area contributed by atoms with E-state index in [1.807, 2.05) is 48.7 Å². The van der Waals surface area contributed by atoms with Crippen LogP contribution in [0.15, 0.2) is 88.8 Å². The van der Waals surface area contributed by atoms with Gasteiger partial charge >= 0.3 is 0 Å². The van der Waals surface area contributed by atoms with Crippen LogP contribution in [0.5, 0.6) is 0 Å². The summed E-state index contributed by atoms with van der Waals surface area (Å²) in [6.07, 6.45) is 2.05. The molecule has 0 fully saturated rings. The third kappa shape index (κ3) is 1.74. The third-order valence-electron chi connectivity index (χ3n) is 4.61. The van der Waals surface area contributed by atoms with E-state index < -0.39 is 9.84 Å². The summed E-state index contributed by atoms with van der Waals surface area (Å²) in [4.78, 5) is 0.843. The zero-order chi connectivity index (χ0) is 16.3. The summed E-state index contributed by atoms with van der Waals surface area (Å²) in [5, 5.41) is 1.19. The molecule has 4 heteroatoms. The Balaban J connectivity index is 1.60. The number of fused-ring (bicyclic) bond motifs is 3. The number of hydrogen-bond donors (Lipinski definition) is 0. The number of hydrogen-bond acceptors (Lipinski definition) is 2. The molecule has 1 aromatic heterocycles. The van der Waals surface area contributed by atoms with Crippen LogP contribution in [0, 0.1) is 0 Å². The maximum absolute atomic E-state index is 12.0. The number of para-hydroxylation sites is 1. The molecule has 0 aliphatic carbocycles. The lowest BCUT2D eigenvalue weighted by Crippen LogP contribution is -2.13. The lowest BCUT2D eigenvalue weighted by atomic mass is 10.0. The van der Waals surface area contributed by atoms with Crippen molar-refractivity contribution < 1.29 is 8.42 Å². The molecule has 116 valence electrons. The van der Waals surface area contributed by atoms with E-state index in [2.05, 4.69) is 22.8 Å². The largest absolute Gasteiger partial charge is 0.317 e. The van der Waals surface area contributed by atoms with Gasteiger partial charge in [-0.2, -0.15) is 0 Å². The second-order valence-corrected chi connectivity index (χ2v) is 7.87. The Hall–Kier alpha value is -2.85. The van der Waals surface area contributed by atoms with Gasteiger partial charge in [-0.3, -0.25) is 0 Å². The van der Waals surface area contributed by atoms with Crippen LogP contribution < -0.4 is 0 Å². The van der Waals surface area contributed by atoms with Crippen LogP contribution in [-0.4, -0.2) is 13.0 Å². The molecule has 0 N–H and O–H groups in total. The predicted octanol–water partition coefficient (Wildman–Crippen LogP) is 4.44. The third-order valence-corrected chi connectivity index (χ3v) is 6.40. The molecule has 0 amide bonds. The molecule has 0 spiro atoms. The molecule has 3 aromatic carbocycles. The van der Waals surface area contributed by atoms with Gasteiger partial charge in [0, 0.05) is 17.4 Å². The minimum Gasteiger partial charge on any atom is -0.317 e. The lowest BCUT2D eigenvalue weighted by molar-refractivity contribution is 0.589. The first kappa shape index (κ1) is 13.6. The Labute approximate surface area is 139 Å². The van der Waals surface area contributed by atoms with Crippen molar-refractivity contribution in [3.8, 4) is 16.8 Å². The first-order valence-corrected chi connectivity index (χ1v) is 9.19. The molecular formula is C20H13NO2S. The minimum atomic E-state index is -3.19. The first-order chi connectivity index (χ1) is 11.6. The van der Waals surface area contributed by atoms with Gasteiger partial charge in [-0.05, 0) is 47.3 Å². The Morgan fingerprint density at radius 3 is 2.33 bits per heavy atom. The summed E-state index contributed by atoms with van der Waals surface area (Å²) >= 11 is 0. The molecule has 0 unspecified atom stereocenters. The highest BCUT2D eigenvalue weighted by atomic mass is 32.2. The van der Waals surface area contributed by atoms with Gasteiger partial charge < -0.3 is 4.57 Å². The zero-order valence-corrected chi connectivity index (χ0v) is 13.5. The van der Waals surface area contributed by atoms with Crippen LogP contribution in [0.4, 0.5) is 0 Å². The van der Waals surface area contributed by atoms with Gasteiger partial charge in [0.2, 0.25) is 9.84 Å². The summed E-state index contributed by atoms with van der Waals surface area (Å²) in [5.74, 6) is 0. The fraction of sp³-hybridized carbons (Fsp3) is 0. The quantitative estimate of drug-likeness (QED) is 0.479. The molecule has 2 aliphatic rings. The van der Waals surface area contributed by atoms with E-state index in [4.69, 9.17) is 0 Å². The van der Waals surface area contributed by atoms with E-state index in [0.29, 0.717) is 9.79 Å². The number of aromatic nitrogens is 1. The Morgan fingerprint density at radius 2 is 1.58 bits per heavy atom. The van der Waals surface area contributed by atoms with Gasteiger partial charge in [0.25, 0.3) is 0 Å². The Morgan fingerprint density at radius 1 is 0.792 bits per heavy atom. The Kier molecular flexibility index (Phi) is 2.59. The normalized spacial score (nSPS) is 14.5. The van der Waals surface area contributed by atoms with Crippen molar-refractivity contribution in [1.82, 2.24) is 4.57 Å². The average Bonchev–Trinajstić information content (AvgIpc) is 3.06. The standard InChI is InChI=1S/C20H13NO2S/c22-24(23)17-9-10-18(20(24)13-17)14-5-7-16(8-6-14)21-12-11-15-3-1-2-4-19(15)21/h1-13H. The number of sulfone groups is 1. The first-order valence-electron chi connectivity index (χ1n) is 7.71. The van der Waals surface area contributed by atoms with Gasteiger partial charge in [0.1, 0.15) is 0 Å². The van der Waals surface area contributed by atoms with E-state index in [1.165, 1.54) is 5.39 Å². The summed E-state index contributed by atoms with van der Waals surface area (Å²) in [5.41, 5.74) is 3.89. The van der Waals surface area contributed by atoms with Gasteiger partial charge in [0.15, 0.2) is 0 Å². The highest BCUT2D eigenvalue weighted by Gasteiger charge is 2.31. The summed E-state index contributed by atoms with van der Waals surface area (Å²) in [7, 11) is -3.19. The van der Waals surface area contributed by atoms with Gasteiger partial charge in [-0.25, -0.2) is 8.42 Å². The topological polar surface area (TPSA) is 39.1 Å². The number of rotatable bonds is 2. The predicted molar refractivity (Wildman–Crippen MR) is 94.2 cm³/mol. The fourth-order valence-corrected chi connectivity index (χ4v) is 4.66. The second kappa shape index (κ2) is 4.58. The zero-order valence-electron chi connectivity index (χ0n) is 12.7. The molecule has 2 bridgehead atoms. The van der Waals surface area contributed by atoms with Gasteiger partial charge in [-0.15, -0.1) is 0 Å². The van der Waals surface area contributed by atoms with Crippen molar-refractivity contribution >= 4 is 20.7 Å². The molecule has 6 rings (SSSR count). The molecule has 24 heavy (non-hydrogen) atoms. The minimum absolute atomic E-state index is 0.414. The van der Waals surface area contributed by atoms with E-state index in [-0.39, 0.29) is 0 Å². The van der Waals surface area contributed by atoms with Crippen molar-refractivity contribution in [1.29, 1.82) is 0 Å². The van der Waals surface area contributed by atoms with E-state index >= 15 is 0 Å². The summed E-state index contributed by atoms with van der Waals surface area (Å²) in [6.45, 7) is 0. The van der Waals surface area contributed by atoms with Crippen LogP contribution in [0.1, 0.15) is 0 Å². The molecule has 0 radical (unpaired) electrons. The van der Waals surface area contributed by atoms with Crippen molar-refractivity contribution in [2.45, 2.75) is 9.79 Å². The van der Waals surface area contributed by atoms with Crippen molar-refractivity contribution in [2.24, 2.45) is 0 Å². The highest BCUT2D eigenvalue weighted by molar-refractivity contribution is 7.92. The SMILES string of the molecule is O=S1(=O)c2ccc(-c3ccc(-n4ccc5ccccc54)cc3)c1c2. The van der Waals surface area contributed by atoms with Gasteiger partial charge in [0.05, 0.1) is 15.3 Å². The molecule has 0 saturated carbocycles. The molecule has 4 aromatic rings. The molecule has 0 saturated heterocycles. The van der Waals surface area contributed by atoms with Crippen molar-refractivity contribution in [3.63, 3.8) is 0 Å². The van der Waals surface area contributed by atoms with E-state index in [1.54, 1.807) is 12.1 Å². The van der Waals surface area contributed by atoms with Crippen molar-refractivity contribution in [2.75, 3.05) is 0 Å². The smallest absolute Gasteiger partial charge is 0.207 e. The lowest BCUT2D eigenvalue weighted by Gasteiger charge is -2.20. The maximum atomic E-state index is 12.0. The molecular weight excluding hydrogens is 318 g/mol. The van der Waals surface area contributed by atoms with Crippen LogP contribution in [0.3, 0.4) is 0 Å². The number of nitrogens with zero attached hydrogens (tertiary/aromatic N) is 1. The van der Waals surface area contributed by atoms with E-state index in [9.17, 15) is 8.42 Å². The molecule has 2 aliphatic heterocycles. The monoisotopic (exact) mass is 331 g/mol. The fourth-order valence-electron chi connectivity index (χ4n) is 3.31. The van der Waals surface area contributed by atoms with Crippen molar-refractivity contribution in [3.05, 3.63) is 79.0 Å². The van der Waals surface area contributed by atoms with Gasteiger partial charge in [-0.1, -0.05) is 36.4 Å². The van der Waals surface area contributed by atoms with Crippen LogP contribution in [-0.2, 0) is 9.84 Å². The maximum Gasteiger partial charge on any atom is 0.207 e. The van der Waals surface area contributed by atoms with Crippen LogP contribution in [0.25, 0.3) is 27.7 Å². The Bertz CT molecular complexity index is 1200.